The van der Waals surface area contributed by atoms with Crippen LogP contribution in [0.5, 0.6) is 0 Å². The highest BCUT2D eigenvalue weighted by Gasteiger charge is 2.28. The minimum absolute atomic E-state index is 0.0153. The highest BCUT2D eigenvalue weighted by atomic mass is 32.2. The molecule has 26 heavy (non-hydrogen) atoms. The summed E-state index contributed by atoms with van der Waals surface area (Å²) in [6.45, 7) is 1.30. The largest absolute Gasteiger partial charge is 0.452 e. The number of amides is 2. The molecule has 2 N–H and O–H groups in total. The summed E-state index contributed by atoms with van der Waals surface area (Å²) in [4.78, 5) is 35.5. The molecule has 0 fully saturated rings. The Morgan fingerprint density at radius 1 is 1.15 bits per heavy atom. The Balaban J connectivity index is 2.58. The molecule has 0 heterocycles. The van der Waals surface area contributed by atoms with E-state index >= 15 is 0 Å². The van der Waals surface area contributed by atoms with Crippen molar-refractivity contribution in [2.45, 2.75) is 31.0 Å². The number of halogens is 3. The molecule has 2 amide bonds. The number of rotatable bonds is 8. The lowest BCUT2D eigenvalue weighted by molar-refractivity contribution is -0.140. The maximum Gasteiger partial charge on any atom is 0.405 e. The number of carbonyl (C=O) groups is 3. The number of benzene rings is 1. The van der Waals surface area contributed by atoms with Gasteiger partial charge in [0.15, 0.2) is 6.61 Å². The molecule has 0 saturated carbocycles. The van der Waals surface area contributed by atoms with E-state index in [1.54, 1.807) is 23.5 Å². The Morgan fingerprint density at radius 2 is 1.81 bits per heavy atom. The maximum atomic E-state index is 12.1. The predicted molar refractivity (Wildman–Crippen MR) is 89.8 cm³/mol. The molecule has 0 unspecified atom stereocenters. The summed E-state index contributed by atoms with van der Waals surface area (Å²) in [6.07, 6.45) is -4.54. The van der Waals surface area contributed by atoms with Crippen LogP contribution in [-0.4, -0.2) is 48.9 Å². The second-order valence-electron chi connectivity index (χ2n) is 5.48. The third-order valence-electron chi connectivity index (χ3n) is 2.74. The van der Waals surface area contributed by atoms with Gasteiger partial charge in [-0.1, -0.05) is 12.1 Å². The molecule has 1 rings (SSSR count). The van der Waals surface area contributed by atoms with E-state index in [1.807, 2.05) is 13.8 Å². The molecule has 0 bridgehead atoms. The van der Waals surface area contributed by atoms with Crippen LogP contribution in [0.4, 0.5) is 13.2 Å². The number of alkyl halides is 3. The van der Waals surface area contributed by atoms with Crippen molar-refractivity contribution in [1.82, 2.24) is 10.6 Å². The fourth-order valence-electron chi connectivity index (χ4n) is 1.73. The first-order valence-corrected chi connectivity index (χ1v) is 8.59. The fraction of sp³-hybridized carbons (Fsp3) is 0.438. The zero-order chi connectivity index (χ0) is 19.7. The van der Waals surface area contributed by atoms with Gasteiger partial charge >= 0.3 is 12.1 Å². The number of hydrogen-bond donors (Lipinski definition) is 2. The lowest BCUT2D eigenvalue weighted by Crippen LogP contribution is -2.36. The summed E-state index contributed by atoms with van der Waals surface area (Å²) >= 11 is 1.11. The van der Waals surface area contributed by atoms with Crippen molar-refractivity contribution in [1.29, 1.82) is 0 Å². The average Bonchev–Trinajstić information content (AvgIpc) is 2.55. The SMILES string of the molecule is CC(C)NC(=O)CSc1ccccc1C(=O)OCC(=O)NCC(F)(F)F. The van der Waals surface area contributed by atoms with Crippen molar-refractivity contribution in [3.05, 3.63) is 29.8 Å². The number of carbonyl (C=O) groups excluding carboxylic acids is 3. The average molecular weight is 392 g/mol. The van der Waals surface area contributed by atoms with E-state index in [4.69, 9.17) is 4.74 Å². The number of thioether (sulfide) groups is 1. The summed E-state index contributed by atoms with van der Waals surface area (Å²) in [5.74, 6) is -2.05. The predicted octanol–water partition coefficient (Wildman–Crippen LogP) is 2.14. The van der Waals surface area contributed by atoms with Gasteiger partial charge < -0.3 is 15.4 Å². The van der Waals surface area contributed by atoms with Gasteiger partial charge in [0.05, 0.1) is 11.3 Å². The number of esters is 1. The van der Waals surface area contributed by atoms with Gasteiger partial charge in [0.25, 0.3) is 5.91 Å². The van der Waals surface area contributed by atoms with Crippen LogP contribution in [0, 0.1) is 0 Å². The third-order valence-corrected chi connectivity index (χ3v) is 3.81. The zero-order valence-corrected chi connectivity index (χ0v) is 15.0. The van der Waals surface area contributed by atoms with Crippen LogP contribution in [-0.2, 0) is 14.3 Å². The molecule has 0 aromatic heterocycles. The summed E-state index contributed by atoms with van der Waals surface area (Å²) in [6, 6.07) is 6.26. The molecule has 0 aliphatic carbocycles. The lowest BCUT2D eigenvalue weighted by atomic mass is 10.2. The smallest absolute Gasteiger partial charge is 0.405 e. The van der Waals surface area contributed by atoms with Crippen molar-refractivity contribution in [3.8, 4) is 0 Å². The highest BCUT2D eigenvalue weighted by Crippen LogP contribution is 2.23. The van der Waals surface area contributed by atoms with Crippen molar-refractivity contribution < 1.29 is 32.3 Å². The Labute approximate surface area is 152 Å². The molecule has 0 aliphatic rings. The quantitative estimate of drug-likeness (QED) is 0.523. The Morgan fingerprint density at radius 3 is 2.42 bits per heavy atom. The van der Waals surface area contributed by atoms with E-state index in [1.165, 1.54) is 6.07 Å². The van der Waals surface area contributed by atoms with Crippen molar-refractivity contribution in [2.24, 2.45) is 0 Å². The Kier molecular flexibility index (Phi) is 8.43. The van der Waals surface area contributed by atoms with E-state index in [2.05, 4.69) is 5.32 Å². The molecule has 0 radical (unpaired) electrons. The van der Waals surface area contributed by atoms with Crippen LogP contribution in [0.3, 0.4) is 0 Å². The first-order valence-electron chi connectivity index (χ1n) is 7.60. The molecule has 144 valence electrons. The third kappa shape index (κ3) is 8.75. The Bertz CT molecular complexity index is 651. The number of nitrogens with one attached hydrogen (secondary N) is 2. The standard InChI is InChI=1S/C16H19F3N2O4S/c1-10(2)21-14(23)8-26-12-6-4-3-5-11(12)15(24)25-7-13(22)20-9-16(17,18)19/h3-6,10H,7-9H2,1-2H3,(H,20,22)(H,21,23). The maximum absolute atomic E-state index is 12.1. The lowest BCUT2D eigenvalue weighted by Gasteiger charge is -2.11. The minimum atomic E-state index is -4.54. The first-order chi connectivity index (χ1) is 12.1. The van der Waals surface area contributed by atoms with Crippen LogP contribution in [0.1, 0.15) is 24.2 Å². The molecule has 0 spiro atoms. The van der Waals surface area contributed by atoms with Gasteiger partial charge in [-0.3, -0.25) is 9.59 Å². The summed E-state index contributed by atoms with van der Waals surface area (Å²) in [7, 11) is 0. The van der Waals surface area contributed by atoms with Crippen LogP contribution in [0.2, 0.25) is 0 Å². The molecule has 0 atom stereocenters. The second-order valence-corrected chi connectivity index (χ2v) is 6.49. The molecule has 1 aromatic rings. The topological polar surface area (TPSA) is 84.5 Å². The molecule has 1 aromatic carbocycles. The molecule has 0 saturated heterocycles. The molecule has 10 heteroatoms. The van der Waals surface area contributed by atoms with Gasteiger partial charge in [-0.25, -0.2) is 4.79 Å². The van der Waals surface area contributed by atoms with Crippen molar-refractivity contribution >= 4 is 29.5 Å². The van der Waals surface area contributed by atoms with E-state index < -0.39 is 31.2 Å². The number of hydrogen-bond acceptors (Lipinski definition) is 5. The summed E-state index contributed by atoms with van der Waals surface area (Å²) in [5, 5.41) is 4.31. The normalized spacial score (nSPS) is 11.2. The summed E-state index contributed by atoms with van der Waals surface area (Å²) in [5.41, 5.74) is 0.124. The summed E-state index contributed by atoms with van der Waals surface area (Å²) < 4.78 is 40.7. The van der Waals surface area contributed by atoms with Crippen molar-refractivity contribution in [2.75, 3.05) is 18.9 Å². The first kappa shape index (κ1) is 21.8. The molecule has 6 nitrogen and oxygen atoms in total. The number of ether oxygens (including phenoxy) is 1. The van der Waals surface area contributed by atoms with Gasteiger partial charge in [0, 0.05) is 10.9 Å². The van der Waals surface area contributed by atoms with Gasteiger partial charge in [0.1, 0.15) is 6.54 Å². The van der Waals surface area contributed by atoms with Crippen LogP contribution in [0.25, 0.3) is 0 Å². The Hall–Kier alpha value is -2.23. The monoisotopic (exact) mass is 392 g/mol. The van der Waals surface area contributed by atoms with Gasteiger partial charge in [-0.05, 0) is 26.0 Å². The van der Waals surface area contributed by atoms with Crippen LogP contribution < -0.4 is 10.6 Å². The molecule has 0 aliphatic heterocycles. The minimum Gasteiger partial charge on any atom is -0.452 e. The molecular weight excluding hydrogens is 373 g/mol. The van der Waals surface area contributed by atoms with Crippen LogP contribution >= 0.6 is 11.8 Å². The van der Waals surface area contributed by atoms with Crippen LogP contribution in [0.15, 0.2) is 29.2 Å². The van der Waals surface area contributed by atoms with E-state index in [0.29, 0.717) is 4.90 Å². The second kappa shape index (κ2) is 10.0. The van der Waals surface area contributed by atoms with Gasteiger partial charge in [0.2, 0.25) is 5.91 Å². The van der Waals surface area contributed by atoms with Gasteiger partial charge in [-0.15, -0.1) is 11.8 Å². The highest BCUT2D eigenvalue weighted by molar-refractivity contribution is 8.00. The van der Waals surface area contributed by atoms with E-state index in [-0.39, 0.29) is 23.3 Å². The van der Waals surface area contributed by atoms with E-state index in [9.17, 15) is 27.6 Å². The van der Waals surface area contributed by atoms with Gasteiger partial charge in [-0.2, -0.15) is 13.2 Å². The molecular formula is C16H19F3N2O4S. The fourth-order valence-corrected chi connectivity index (χ4v) is 2.58. The van der Waals surface area contributed by atoms with Crippen molar-refractivity contribution in [3.63, 3.8) is 0 Å². The van der Waals surface area contributed by atoms with E-state index in [0.717, 1.165) is 11.8 Å². The zero-order valence-electron chi connectivity index (χ0n) is 14.2.